The zero-order valence-electron chi connectivity index (χ0n) is 14.3. The van der Waals surface area contributed by atoms with E-state index in [2.05, 4.69) is 54.4 Å². The number of rotatable bonds is 9. The third-order valence-corrected chi connectivity index (χ3v) is 4.35. The van der Waals surface area contributed by atoms with Crippen LogP contribution in [-0.2, 0) is 11.2 Å². The third-order valence-electron chi connectivity index (χ3n) is 4.35. The van der Waals surface area contributed by atoms with Crippen LogP contribution in [0.1, 0.15) is 38.7 Å². The molecule has 1 saturated heterocycles. The number of benzene rings is 1. The summed E-state index contributed by atoms with van der Waals surface area (Å²) in [5, 5.41) is 3.68. The zero-order valence-corrected chi connectivity index (χ0v) is 14.3. The highest BCUT2D eigenvalue weighted by Crippen LogP contribution is 2.11. The van der Waals surface area contributed by atoms with Gasteiger partial charge in [-0.05, 0) is 64.7 Å². The predicted octanol–water partition coefficient (Wildman–Crippen LogP) is 3.10. The van der Waals surface area contributed by atoms with Gasteiger partial charge in [-0.2, -0.15) is 0 Å². The molecule has 22 heavy (non-hydrogen) atoms. The summed E-state index contributed by atoms with van der Waals surface area (Å²) in [5.74, 6) is 0. The van der Waals surface area contributed by atoms with Gasteiger partial charge in [-0.3, -0.25) is 0 Å². The van der Waals surface area contributed by atoms with Gasteiger partial charge in [0.1, 0.15) is 0 Å². The predicted molar refractivity (Wildman–Crippen MR) is 93.3 cm³/mol. The van der Waals surface area contributed by atoms with Crippen LogP contribution in [0.4, 0.5) is 0 Å². The summed E-state index contributed by atoms with van der Waals surface area (Å²) in [7, 11) is 0. The van der Waals surface area contributed by atoms with Gasteiger partial charge in [-0.25, -0.2) is 0 Å². The Bertz CT molecular complexity index is 386. The van der Waals surface area contributed by atoms with Gasteiger partial charge >= 0.3 is 0 Å². The Balaban J connectivity index is 1.52. The molecule has 0 spiro atoms. The Labute approximate surface area is 136 Å². The topological polar surface area (TPSA) is 24.5 Å². The number of hydrogen-bond donors (Lipinski definition) is 1. The highest BCUT2D eigenvalue weighted by molar-refractivity contribution is 5.14. The van der Waals surface area contributed by atoms with E-state index in [0.717, 1.165) is 19.6 Å². The molecular formula is C19H32N2O. The maximum absolute atomic E-state index is 5.57. The Morgan fingerprint density at radius 3 is 2.59 bits per heavy atom. The molecule has 1 N–H and O–H groups in total. The molecule has 0 aromatic heterocycles. The van der Waals surface area contributed by atoms with Gasteiger partial charge in [0.2, 0.25) is 0 Å². The number of piperidine rings is 1. The summed E-state index contributed by atoms with van der Waals surface area (Å²) in [4.78, 5) is 2.60. The number of likely N-dealkylation sites (tertiary alicyclic amines) is 1. The van der Waals surface area contributed by atoms with Gasteiger partial charge in [0.15, 0.2) is 0 Å². The van der Waals surface area contributed by atoms with Crippen molar-refractivity contribution in [3.05, 3.63) is 35.9 Å². The van der Waals surface area contributed by atoms with Gasteiger partial charge in [0, 0.05) is 19.2 Å². The first kappa shape index (κ1) is 17.5. The van der Waals surface area contributed by atoms with Gasteiger partial charge in [-0.15, -0.1) is 0 Å². The second-order valence-corrected chi connectivity index (χ2v) is 6.58. The minimum Gasteiger partial charge on any atom is -0.379 e. The molecule has 1 aliphatic rings. The normalized spacial score (nSPS) is 17.2. The maximum Gasteiger partial charge on any atom is 0.0518 e. The quantitative estimate of drug-likeness (QED) is 0.710. The van der Waals surface area contributed by atoms with Crippen LogP contribution < -0.4 is 5.32 Å². The van der Waals surface area contributed by atoms with Crippen molar-refractivity contribution < 1.29 is 4.74 Å². The van der Waals surface area contributed by atoms with E-state index < -0.39 is 0 Å². The van der Waals surface area contributed by atoms with Crippen LogP contribution >= 0.6 is 0 Å². The summed E-state index contributed by atoms with van der Waals surface area (Å²) in [6.07, 6.45) is 5.20. The van der Waals surface area contributed by atoms with Crippen molar-refractivity contribution in [1.29, 1.82) is 0 Å². The number of nitrogens with one attached hydrogen (secondary N) is 1. The molecule has 3 nitrogen and oxygen atoms in total. The van der Waals surface area contributed by atoms with E-state index >= 15 is 0 Å². The fourth-order valence-corrected chi connectivity index (χ4v) is 2.99. The molecule has 1 heterocycles. The Kier molecular flexibility index (Phi) is 7.92. The third kappa shape index (κ3) is 6.91. The van der Waals surface area contributed by atoms with Crippen LogP contribution in [0, 0.1) is 0 Å². The van der Waals surface area contributed by atoms with E-state index in [1.54, 1.807) is 0 Å². The summed E-state index contributed by atoms with van der Waals surface area (Å²) in [6, 6.07) is 11.5. The van der Waals surface area contributed by atoms with E-state index in [4.69, 9.17) is 4.74 Å². The monoisotopic (exact) mass is 304 g/mol. The zero-order chi connectivity index (χ0) is 15.6. The molecule has 1 aromatic carbocycles. The SMILES string of the molecule is CC(C)OCCCNC1CCN(CCc2ccccc2)CC1. The van der Waals surface area contributed by atoms with E-state index in [9.17, 15) is 0 Å². The maximum atomic E-state index is 5.57. The Morgan fingerprint density at radius 2 is 1.91 bits per heavy atom. The van der Waals surface area contributed by atoms with Crippen LogP contribution in [0.25, 0.3) is 0 Å². The molecule has 0 unspecified atom stereocenters. The Morgan fingerprint density at radius 1 is 1.18 bits per heavy atom. The molecule has 0 amide bonds. The largest absolute Gasteiger partial charge is 0.379 e. The lowest BCUT2D eigenvalue weighted by molar-refractivity contribution is 0.0761. The average molecular weight is 304 g/mol. The van der Waals surface area contributed by atoms with Gasteiger partial charge in [0.05, 0.1) is 6.10 Å². The van der Waals surface area contributed by atoms with E-state index in [0.29, 0.717) is 12.1 Å². The molecule has 1 fully saturated rings. The van der Waals surface area contributed by atoms with Crippen molar-refractivity contribution in [2.75, 3.05) is 32.8 Å². The van der Waals surface area contributed by atoms with Crippen LogP contribution in [0.15, 0.2) is 30.3 Å². The second kappa shape index (κ2) is 9.98. The molecule has 124 valence electrons. The van der Waals surface area contributed by atoms with Crippen molar-refractivity contribution in [2.45, 2.75) is 51.7 Å². The molecule has 3 heteroatoms. The Hall–Kier alpha value is -0.900. The van der Waals surface area contributed by atoms with Gasteiger partial charge in [0.25, 0.3) is 0 Å². The van der Waals surface area contributed by atoms with Crippen molar-refractivity contribution in [1.82, 2.24) is 10.2 Å². The lowest BCUT2D eigenvalue weighted by Gasteiger charge is -2.32. The van der Waals surface area contributed by atoms with Crippen molar-refractivity contribution in [3.8, 4) is 0 Å². The van der Waals surface area contributed by atoms with Crippen LogP contribution in [0.5, 0.6) is 0 Å². The second-order valence-electron chi connectivity index (χ2n) is 6.58. The van der Waals surface area contributed by atoms with Crippen molar-refractivity contribution in [3.63, 3.8) is 0 Å². The fraction of sp³-hybridized carbons (Fsp3) is 0.684. The molecular weight excluding hydrogens is 272 g/mol. The summed E-state index contributed by atoms with van der Waals surface area (Å²) < 4.78 is 5.57. The van der Waals surface area contributed by atoms with Gasteiger partial charge in [-0.1, -0.05) is 30.3 Å². The van der Waals surface area contributed by atoms with E-state index in [1.807, 2.05) is 0 Å². The first-order valence-corrected chi connectivity index (χ1v) is 8.85. The lowest BCUT2D eigenvalue weighted by atomic mass is 10.0. The molecule has 0 radical (unpaired) electrons. The summed E-state index contributed by atoms with van der Waals surface area (Å²) >= 11 is 0. The minimum absolute atomic E-state index is 0.354. The van der Waals surface area contributed by atoms with Crippen LogP contribution in [-0.4, -0.2) is 49.8 Å². The molecule has 0 saturated carbocycles. The van der Waals surface area contributed by atoms with Crippen molar-refractivity contribution >= 4 is 0 Å². The van der Waals surface area contributed by atoms with E-state index in [1.165, 1.54) is 44.5 Å². The summed E-state index contributed by atoms with van der Waals surface area (Å²) in [6.45, 7) is 9.80. The molecule has 0 atom stereocenters. The van der Waals surface area contributed by atoms with E-state index in [-0.39, 0.29) is 0 Å². The number of nitrogens with zero attached hydrogens (tertiary/aromatic N) is 1. The number of hydrogen-bond acceptors (Lipinski definition) is 3. The minimum atomic E-state index is 0.354. The number of ether oxygens (including phenoxy) is 1. The van der Waals surface area contributed by atoms with Gasteiger partial charge < -0.3 is 15.0 Å². The highest BCUT2D eigenvalue weighted by Gasteiger charge is 2.18. The first-order chi connectivity index (χ1) is 10.7. The molecule has 0 bridgehead atoms. The van der Waals surface area contributed by atoms with Crippen LogP contribution in [0.2, 0.25) is 0 Å². The standard InChI is InChI=1S/C19H32N2O/c1-17(2)22-16-6-12-20-19-10-14-21(15-11-19)13-9-18-7-4-3-5-8-18/h3-5,7-8,17,19-20H,6,9-16H2,1-2H3. The highest BCUT2D eigenvalue weighted by atomic mass is 16.5. The average Bonchev–Trinajstić information content (AvgIpc) is 2.54. The molecule has 0 aliphatic carbocycles. The summed E-state index contributed by atoms with van der Waals surface area (Å²) in [5.41, 5.74) is 1.45. The lowest BCUT2D eigenvalue weighted by Crippen LogP contribution is -2.43. The smallest absolute Gasteiger partial charge is 0.0518 e. The molecule has 1 aromatic rings. The van der Waals surface area contributed by atoms with Crippen molar-refractivity contribution in [2.24, 2.45) is 0 Å². The van der Waals surface area contributed by atoms with Crippen LogP contribution in [0.3, 0.4) is 0 Å². The first-order valence-electron chi connectivity index (χ1n) is 8.85. The fourth-order valence-electron chi connectivity index (χ4n) is 2.99. The molecule has 2 rings (SSSR count). The molecule has 1 aliphatic heterocycles.